The van der Waals surface area contributed by atoms with Gasteiger partial charge in [0.1, 0.15) is 36.6 Å². The second kappa shape index (κ2) is 7.66. The number of aliphatic hydroxyl groups excluding tert-OH is 4. The highest BCUT2D eigenvalue weighted by molar-refractivity contribution is 4.97. The topological polar surface area (TPSA) is 187 Å². The van der Waals surface area contributed by atoms with E-state index < -0.39 is 67.7 Å². The highest BCUT2D eigenvalue weighted by Crippen LogP contribution is 2.27. The maximum absolute atomic E-state index is 10.3. The normalized spacial score (nSPS) is 51.7. The van der Waals surface area contributed by atoms with Crippen LogP contribution in [0.25, 0.3) is 0 Å². The van der Waals surface area contributed by atoms with Crippen molar-refractivity contribution in [3.8, 4) is 0 Å². The third kappa shape index (κ3) is 3.66. The van der Waals surface area contributed by atoms with Crippen LogP contribution in [0.5, 0.6) is 0 Å². The molecule has 10 heteroatoms. The minimum Gasteiger partial charge on any atom is -0.394 e. The van der Waals surface area contributed by atoms with Crippen molar-refractivity contribution in [3.63, 3.8) is 0 Å². The van der Waals surface area contributed by atoms with E-state index >= 15 is 0 Å². The average Bonchev–Trinajstić information content (AvgIpc) is 2.55. The highest BCUT2D eigenvalue weighted by Gasteiger charge is 2.48. The van der Waals surface area contributed by atoms with E-state index in [0.717, 1.165) is 0 Å². The van der Waals surface area contributed by atoms with Crippen molar-refractivity contribution < 1.29 is 34.6 Å². The van der Waals surface area contributed by atoms with Gasteiger partial charge in [0, 0.05) is 6.54 Å². The first-order valence-electron chi connectivity index (χ1n) is 7.64. The molecule has 0 spiro atoms. The van der Waals surface area contributed by atoms with Crippen molar-refractivity contribution in [2.75, 3.05) is 13.2 Å². The molecule has 10 nitrogen and oxygen atoms in total. The zero-order valence-corrected chi connectivity index (χ0v) is 12.9. The second-order valence-electron chi connectivity index (χ2n) is 6.07. The third-order valence-electron chi connectivity index (χ3n) is 4.48. The Morgan fingerprint density at radius 2 is 1.61 bits per heavy atom. The van der Waals surface area contributed by atoms with Gasteiger partial charge in [0.15, 0.2) is 6.29 Å². The maximum Gasteiger partial charge on any atom is 0.176 e. The fourth-order valence-corrected chi connectivity index (χ4v) is 2.90. The smallest absolute Gasteiger partial charge is 0.176 e. The van der Waals surface area contributed by atoms with Crippen LogP contribution in [0.1, 0.15) is 6.92 Å². The molecule has 10 atom stereocenters. The van der Waals surface area contributed by atoms with Crippen LogP contribution in [0.2, 0.25) is 0 Å². The van der Waals surface area contributed by atoms with E-state index in [4.69, 9.17) is 31.4 Å². The van der Waals surface area contributed by atoms with Crippen molar-refractivity contribution in [1.82, 2.24) is 0 Å². The van der Waals surface area contributed by atoms with Gasteiger partial charge in [-0.3, -0.25) is 0 Å². The molecule has 2 saturated heterocycles. The predicted molar refractivity (Wildman–Crippen MR) is 78.0 cm³/mol. The molecule has 23 heavy (non-hydrogen) atoms. The average molecular weight is 337 g/mol. The van der Waals surface area contributed by atoms with Crippen molar-refractivity contribution in [1.29, 1.82) is 0 Å². The van der Waals surface area contributed by atoms with E-state index in [0.29, 0.717) is 0 Å². The lowest BCUT2D eigenvalue weighted by Gasteiger charge is -2.46. The molecule has 2 aliphatic rings. The van der Waals surface area contributed by atoms with Crippen molar-refractivity contribution in [2.24, 2.45) is 17.2 Å². The maximum atomic E-state index is 10.3. The summed E-state index contributed by atoms with van der Waals surface area (Å²) >= 11 is 0. The number of ether oxygens (including phenoxy) is 3. The number of aliphatic hydroxyl groups is 4. The summed E-state index contributed by atoms with van der Waals surface area (Å²) in [4.78, 5) is 0. The lowest BCUT2D eigenvalue weighted by molar-refractivity contribution is -0.305. The molecule has 0 radical (unpaired) electrons. The van der Waals surface area contributed by atoms with Crippen molar-refractivity contribution >= 4 is 0 Å². The van der Waals surface area contributed by atoms with Gasteiger partial charge in [-0.25, -0.2) is 0 Å². The second-order valence-corrected chi connectivity index (χ2v) is 6.07. The highest BCUT2D eigenvalue weighted by atomic mass is 16.7. The van der Waals surface area contributed by atoms with E-state index in [9.17, 15) is 20.4 Å². The van der Waals surface area contributed by atoms with E-state index in [1.807, 2.05) is 0 Å². The summed E-state index contributed by atoms with van der Waals surface area (Å²) < 4.78 is 16.6. The number of hydrogen-bond donors (Lipinski definition) is 7. The van der Waals surface area contributed by atoms with Crippen LogP contribution in [0, 0.1) is 0 Å². The summed E-state index contributed by atoms with van der Waals surface area (Å²) in [6.45, 7) is 1.24. The Kier molecular flexibility index (Phi) is 6.30. The van der Waals surface area contributed by atoms with Crippen LogP contribution in [-0.2, 0) is 14.2 Å². The summed E-state index contributed by atoms with van der Waals surface area (Å²) in [7, 11) is 0. The Hall–Kier alpha value is -0.400. The Labute approximate surface area is 134 Å². The minimum absolute atomic E-state index is 0.0471. The first-order chi connectivity index (χ1) is 10.8. The number of hydrogen-bond acceptors (Lipinski definition) is 10. The summed E-state index contributed by atoms with van der Waals surface area (Å²) in [5.74, 6) is 0. The van der Waals surface area contributed by atoms with Crippen LogP contribution < -0.4 is 17.2 Å². The molecule has 0 aromatic heterocycles. The van der Waals surface area contributed by atoms with E-state index in [2.05, 4.69) is 0 Å². The predicted octanol–water partition coefficient (Wildman–Crippen LogP) is -4.43. The van der Waals surface area contributed by atoms with Gasteiger partial charge in [0.05, 0.1) is 24.8 Å². The fraction of sp³-hybridized carbons (Fsp3) is 1.00. The standard InChI is InChI=1S/C13H27N3O7/c1-4-7(15)11(20)12(6(3-17)21-4)23-13-8(16)10(19)9(18)5(2-14)22-13/h4-13,17-20H,2-3,14-16H2,1H3/t4-,5-,6-,7+,8-,9-,10-,11-,12-,13?/m1/s1. The molecule has 10 N–H and O–H groups in total. The third-order valence-corrected chi connectivity index (χ3v) is 4.48. The molecule has 2 rings (SSSR count). The molecule has 2 aliphatic heterocycles. The zero-order valence-electron chi connectivity index (χ0n) is 12.9. The van der Waals surface area contributed by atoms with Gasteiger partial charge in [0.25, 0.3) is 0 Å². The van der Waals surface area contributed by atoms with Crippen LogP contribution in [0.4, 0.5) is 0 Å². The van der Waals surface area contributed by atoms with Crippen LogP contribution in [-0.4, -0.2) is 94.7 Å². The summed E-state index contributed by atoms with van der Waals surface area (Å²) in [6, 6.07) is -1.78. The lowest BCUT2D eigenvalue weighted by Crippen LogP contribution is -2.67. The van der Waals surface area contributed by atoms with Gasteiger partial charge in [0.2, 0.25) is 0 Å². The number of rotatable bonds is 4. The van der Waals surface area contributed by atoms with E-state index in [-0.39, 0.29) is 6.54 Å². The van der Waals surface area contributed by atoms with Gasteiger partial charge in [-0.1, -0.05) is 0 Å². The first kappa shape index (κ1) is 18.9. The summed E-state index contributed by atoms with van der Waals surface area (Å²) in [5.41, 5.74) is 17.2. The fourth-order valence-electron chi connectivity index (χ4n) is 2.90. The molecular formula is C13H27N3O7. The molecule has 0 aliphatic carbocycles. The molecule has 2 heterocycles. The number of nitrogens with two attached hydrogens (primary N) is 3. The van der Waals surface area contributed by atoms with Gasteiger partial charge < -0.3 is 51.8 Å². The van der Waals surface area contributed by atoms with Crippen LogP contribution in [0.15, 0.2) is 0 Å². The van der Waals surface area contributed by atoms with Crippen LogP contribution >= 0.6 is 0 Å². The van der Waals surface area contributed by atoms with Crippen LogP contribution in [0.3, 0.4) is 0 Å². The Morgan fingerprint density at radius 1 is 0.957 bits per heavy atom. The van der Waals surface area contributed by atoms with Gasteiger partial charge in [-0.2, -0.15) is 0 Å². The quantitative estimate of drug-likeness (QED) is 0.264. The Bertz CT molecular complexity index is 387. The van der Waals surface area contributed by atoms with Gasteiger partial charge >= 0.3 is 0 Å². The lowest BCUT2D eigenvalue weighted by atomic mass is 9.93. The monoisotopic (exact) mass is 337 g/mol. The molecule has 0 amide bonds. The SMILES string of the molecule is C[C@H]1O[C@H](CO)[C@@H](OC2O[C@H](CN)[C@@H](O)[C@H](O)[C@H]2N)[C@H](O)[C@H]1N. The van der Waals surface area contributed by atoms with Crippen molar-refractivity contribution in [2.45, 2.75) is 68.0 Å². The molecule has 0 bridgehead atoms. The molecule has 0 saturated carbocycles. The summed E-state index contributed by atoms with van der Waals surface area (Å²) in [6.07, 6.45) is -7.95. The minimum atomic E-state index is -1.30. The van der Waals surface area contributed by atoms with Gasteiger partial charge in [-0.15, -0.1) is 0 Å². The van der Waals surface area contributed by atoms with E-state index in [1.165, 1.54) is 0 Å². The molecule has 1 unspecified atom stereocenters. The van der Waals surface area contributed by atoms with E-state index in [1.54, 1.807) is 6.92 Å². The molecule has 0 aromatic rings. The summed E-state index contributed by atoms with van der Waals surface area (Å²) in [5, 5.41) is 39.5. The molecule has 0 aromatic carbocycles. The first-order valence-corrected chi connectivity index (χ1v) is 7.64. The Morgan fingerprint density at radius 3 is 2.17 bits per heavy atom. The molecule has 2 fully saturated rings. The van der Waals surface area contributed by atoms with Crippen molar-refractivity contribution in [3.05, 3.63) is 0 Å². The van der Waals surface area contributed by atoms with Gasteiger partial charge in [-0.05, 0) is 6.92 Å². The molecular weight excluding hydrogens is 310 g/mol. The zero-order chi connectivity index (χ0) is 17.3. The largest absolute Gasteiger partial charge is 0.394 e. The Balaban J connectivity index is 2.11. The molecule has 136 valence electrons.